The van der Waals surface area contributed by atoms with E-state index in [4.69, 9.17) is 34.3 Å². The fraction of sp³-hybridized carbons (Fsp3) is 0. The van der Waals surface area contributed by atoms with E-state index in [1.54, 1.807) is 0 Å². The predicted molar refractivity (Wildman–Crippen MR) is 30.6 cm³/mol. The monoisotopic (exact) mass is 352 g/mol. The van der Waals surface area contributed by atoms with Gasteiger partial charge in [0.1, 0.15) is 0 Å². The summed E-state index contributed by atoms with van der Waals surface area (Å²) in [6.45, 7) is 0. The van der Waals surface area contributed by atoms with Crippen LogP contribution >= 0.6 is 7.82 Å². The summed E-state index contributed by atoms with van der Waals surface area (Å²) >= 11 is 0. The van der Waals surface area contributed by atoms with Gasteiger partial charge in [-0.3, -0.25) is 7.32 Å². The molecule has 0 rings (SSSR count). The molecule has 0 atom stereocenters. The molecule has 0 N–H and O–H groups in total. The molecule has 0 aliphatic heterocycles. The average molecular weight is 353 g/mol. The summed E-state index contributed by atoms with van der Waals surface area (Å²) in [5, 5.41) is 25.2. The van der Waals surface area contributed by atoms with Gasteiger partial charge < -0.3 is 34.3 Å². The predicted octanol–water partition coefficient (Wildman–Crippen LogP) is -7.92. The van der Waals surface area contributed by atoms with Crippen LogP contribution in [0.1, 0.15) is 0 Å². The van der Waals surface area contributed by atoms with Crippen LogP contribution in [0.25, 0.3) is 0 Å². The molecule has 0 unspecified atom stereocenters. The minimum atomic E-state index is -5.39. The van der Waals surface area contributed by atoms with Crippen molar-refractivity contribution in [2.75, 3.05) is 0 Å². The van der Waals surface area contributed by atoms with E-state index in [2.05, 4.69) is 0 Å². The Bertz CT molecular complexity index is 99.6. The molecule has 0 aliphatic rings. The molecule has 0 saturated carbocycles. The molecule has 0 aliphatic carbocycles. The van der Waals surface area contributed by atoms with Crippen molar-refractivity contribution in [1.29, 1.82) is 0 Å². The smallest absolute Gasteiger partial charge is 0.907 e. The number of rotatable bonds is 0. The van der Waals surface area contributed by atoms with Crippen LogP contribution in [0.5, 0.6) is 0 Å². The van der Waals surface area contributed by atoms with Crippen LogP contribution in [0, 0.1) is 0 Å². The van der Waals surface area contributed by atoms with Crippen LogP contribution < -0.4 is 29.8 Å². The van der Waals surface area contributed by atoms with Crippen LogP contribution in [0.4, 0.5) is 0 Å². The second-order valence-electron chi connectivity index (χ2n) is 0.736. The van der Waals surface area contributed by atoms with E-state index in [1.165, 1.54) is 0 Å². The van der Waals surface area contributed by atoms with Crippen molar-refractivity contribution in [1.82, 2.24) is 0 Å². The Kier molecular flexibility index (Phi) is 57.3. The first kappa shape index (κ1) is 36.0. The Morgan fingerprint density at radius 3 is 1.00 bits per heavy atom. The van der Waals surface area contributed by atoms with Crippen molar-refractivity contribution in [2.45, 2.75) is 0 Å². The Morgan fingerprint density at radius 1 is 1.00 bits per heavy atom. The zero-order valence-electron chi connectivity index (χ0n) is 6.18. The van der Waals surface area contributed by atoms with E-state index in [0.29, 0.717) is 0 Å². The summed E-state index contributed by atoms with van der Waals surface area (Å²) in [5.74, 6) is 0. The number of hydrogen-bond donors (Lipinski definition) is 0. The molecule has 13 heavy (non-hydrogen) atoms. The summed E-state index contributed by atoms with van der Waals surface area (Å²) in [5.41, 5.74) is 0. The molecule has 0 spiro atoms. The van der Waals surface area contributed by atoms with Crippen LogP contribution in [-0.4, -0.2) is 85.5 Å². The largest absolute Gasteiger partial charge is 3.00 e. The van der Waals surface area contributed by atoms with Crippen molar-refractivity contribution in [3.63, 3.8) is 0 Å². The van der Waals surface area contributed by atoms with Gasteiger partial charge in [0.2, 0.25) is 0 Å². The quantitative estimate of drug-likeness (QED) is 0.309. The average Bonchev–Trinajstić information content (AvgIpc) is 1.19. The molecule has 0 aromatic carbocycles. The summed E-state index contributed by atoms with van der Waals surface area (Å²) in [7, 11) is -8.31. The summed E-state index contributed by atoms with van der Waals surface area (Å²) < 4.78 is 8.55. The van der Waals surface area contributed by atoms with E-state index >= 15 is 0 Å². The van der Waals surface area contributed by atoms with Crippen LogP contribution in [0.3, 0.4) is 0 Å². The minimum Gasteiger partial charge on any atom is -0.907 e. The fourth-order valence-electron chi connectivity index (χ4n) is 0. The van der Waals surface area contributed by atoms with Gasteiger partial charge in [-0.15, -0.1) is 0 Å². The maximum absolute atomic E-state index is 8.55. The number of hydrogen-bond acceptors (Lipinski definition) is 7. The summed E-state index contributed by atoms with van der Waals surface area (Å²) in [6, 6.07) is 0. The first-order valence-corrected chi connectivity index (χ1v) is 2.90. The van der Waals surface area contributed by atoms with Gasteiger partial charge in [0.25, 0.3) is 0 Å². The van der Waals surface area contributed by atoms with E-state index in [0.717, 1.165) is 0 Å². The first-order valence-electron chi connectivity index (χ1n) is 1.44. The molecule has 0 heterocycles. The maximum Gasteiger partial charge on any atom is 3.00 e. The summed E-state index contributed by atoms with van der Waals surface area (Å²) in [4.78, 5) is 25.6. The van der Waals surface area contributed by atoms with Crippen molar-refractivity contribution in [3.8, 4) is 0 Å². The third-order valence-corrected chi connectivity index (χ3v) is 0. The first-order chi connectivity index (χ1) is 3.73. The molecule has 0 bridgehead atoms. The molecular weight excluding hydrogens is 353 g/mol. The van der Waals surface area contributed by atoms with Gasteiger partial charge in [0, 0.05) is 0 Å². The van der Waals surface area contributed by atoms with Crippen molar-refractivity contribution in [3.05, 3.63) is 0 Å². The molecule has 13 heteroatoms. The van der Waals surface area contributed by atoms with Crippen LogP contribution in [0.2, 0.25) is 0 Å². The van der Waals surface area contributed by atoms with Gasteiger partial charge in [0.05, 0.1) is 0 Å². The second kappa shape index (κ2) is 20.7. The van der Waals surface area contributed by atoms with Gasteiger partial charge in [-0.05, 0) is 0 Å². The Hall–Kier alpha value is 3.35. The molecule has 0 fully saturated rings. The van der Waals surface area contributed by atoms with Gasteiger partial charge in [-0.25, -0.2) is 0 Å². The van der Waals surface area contributed by atoms with Crippen LogP contribution in [-0.2, 0) is 26.9 Å². The zero-order chi connectivity index (χ0) is 8.08. The minimum absolute atomic E-state index is 0. The molecule has 0 radical (unpaired) electrons. The molecular formula is AgAlBCaMgO7P+2. The fourth-order valence-corrected chi connectivity index (χ4v) is 0. The SMILES string of the molecule is O=P([O-])([O-])[O-].[Ag+].[Al+3].[Ca+2].[Mg+2].[O-]B([O-])[O-]. The van der Waals surface area contributed by atoms with Crippen molar-refractivity contribution < 1.29 is 56.7 Å². The molecule has 7 nitrogen and oxygen atoms in total. The molecule has 0 amide bonds. The zero-order valence-corrected chi connectivity index (χ0v) is 13.3. The van der Waals surface area contributed by atoms with Crippen molar-refractivity contribution in [2.24, 2.45) is 0 Å². The number of phosphoric acid groups is 1. The Balaban J connectivity index is -0.0000000146. The Morgan fingerprint density at radius 2 is 1.00 bits per heavy atom. The topological polar surface area (TPSA) is 155 Å². The van der Waals surface area contributed by atoms with E-state index in [-0.39, 0.29) is 101 Å². The third kappa shape index (κ3) is 243. The second-order valence-corrected chi connectivity index (χ2v) is 1.63. The summed E-state index contributed by atoms with van der Waals surface area (Å²) in [6.07, 6.45) is 0. The molecule has 66 valence electrons. The molecule has 0 saturated heterocycles. The molecule has 0 aromatic rings. The van der Waals surface area contributed by atoms with Gasteiger partial charge >= 0.3 is 101 Å². The van der Waals surface area contributed by atoms with Gasteiger partial charge in [0.15, 0.2) is 0 Å². The van der Waals surface area contributed by atoms with Gasteiger partial charge in [-0.2, -0.15) is 7.82 Å². The normalized spacial score (nSPS) is 6.62. The Labute approximate surface area is 148 Å². The molecule has 0 aromatic heterocycles. The van der Waals surface area contributed by atoms with E-state index in [9.17, 15) is 0 Å². The standard InChI is InChI=1S/Ag.Al.BO3.Ca.Mg.H3O4P/c;;2-1(3)4;;;1-5(2,3)4/h;;;;;(H3,1,2,3,4)/q+1;+3;-3;2*+2;/p-3. The van der Waals surface area contributed by atoms with E-state index < -0.39 is 15.1 Å². The van der Waals surface area contributed by atoms with Gasteiger partial charge in [-0.1, -0.05) is 0 Å². The third-order valence-electron chi connectivity index (χ3n) is 0. The van der Waals surface area contributed by atoms with Crippen LogP contribution in [0.15, 0.2) is 0 Å². The maximum atomic E-state index is 8.55. The van der Waals surface area contributed by atoms with E-state index in [1.807, 2.05) is 0 Å². The van der Waals surface area contributed by atoms with Crippen molar-refractivity contribution >= 4 is 93.3 Å².